The van der Waals surface area contributed by atoms with Crippen LogP contribution in [0.5, 0.6) is 5.88 Å². The van der Waals surface area contributed by atoms with E-state index in [9.17, 15) is 0 Å². The summed E-state index contributed by atoms with van der Waals surface area (Å²) in [6, 6.07) is 4.17. The summed E-state index contributed by atoms with van der Waals surface area (Å²) >= 11 is 0. The first kappa shape index (κ1) is 11.0. The Bertz CT molecular complexity index is 451. The van der Waals surface area contributed by atoms with Crippen LogP contribution in [0, 0.1) is 0 Å². The third-order valence-corrected chi connectivity index (χ3v) is 2.24. The molecule has 2 aromatic rings. The zero-order valence-electron chi connectivity index (χ0n) is 9.56. The van der Waals surface area contributed by atoms with Gasteiger partial charge in [0.1, 0.15) is 12.2 Å². The van der Waals surface area contributed by atoms with Crippen LogP contribution in [0.1, 0.15) is 13.8 Å². The predicted octanol–water partition coefficient (Wildman–Crippen LogP) is 2.20. The van der Waals surface area contributed by atoms with E-state index in [1.54, 1.807) is 12.5 Å². The highest BCUT2D eigenvalue weighted by Crippen LogP contribution is 2.23. The summed E-state index contributed by atoms with van der Waals surface area (Å²) in [6.45, 7) is 5.63. The van der Waals surface area contributed by atoms with Gasteiger partial charge in [-0.2, -0.15) is 0 Å². The van der Waals surface area contributed by atoms with E-state index in [2.05, 4.69) is 24.1 Å². The number of nitrogens with zero attached hydrogens (tertiary/aromatic N) is 1. The van der Waals surface area contributed by atoms with Crippen molar-refractivity contribution >= 4 is 11.0 Å². The largest absolute Gasteiger partial charge is 0.476 e. The van der Waals surface area contributed by atoms with Gasteiger partial charge in [-0.15, -0.1) is 0 Å². The number of furan rings is 1. The van der Waals surface area contributed by atoms with Crippen molar-refractivity contribution < 1.29 is 9.15 Å². The van der Waals surface area contributed by atoms with Gasteiger partial charge in [0.2, 0.25) is 5.88 Å². The molecule has 0 amide bonds. The molecule has 4 nitrogen and oxygen atoms in total. The molecular weight excluding hydrogens is 204 g/mol. The molecule has 1 N–H and O–H groups in total. The van der Waals surface area contributed by atoms with Gasteiger partial charge in [-0.1, -0.05) is 13.8 Å². The number of ether oxygens (including phenoxy) is 1. The van der Waals surface area contributed by atoms with Crippen LogP contribution in [-0.2, 0) is 0 Å². The Morgan fingerprint density at radius 1 is 1.44 bits per heavy atom. The van der Waals surface area contributed by atoms with Gasteiger partial charge >= 0.3 is 0 Å². The minimum absolute atomic E-state index is 0.473. The molecule has 0 atom stereocenters. The molecule has 0 saturated heterocycles. The van der Waals surface area contributed by atoms with Crippen molar-refractivity contribution in [2.45, 2.75) is 19.9 Å². The quantitative estimate of drug-likeness (QED) is 0.785. The summed E-state index contributed by atoms with van der Waals surface area (Å²) in [5.41, 5.74) is 0.807. The van der Waals surface area contributed by atoms with E-state index in [0.717, 1.165) is 17.5 Å². The van der Waals surface area contributed by atoms with Crippen molar-refractivity contribution in [1.29, 1.82) is 0 Å². The second-order valence-corrected chi connectivity index (χ2v) is 3.91. The highest BCUT2D eigenvalue weighted by atomic mass is 16.5. The van der Waals surface area contributed by atoms with E-state index >= 15 is 0 Å². The van der Waals surface area contributed by atoms with Crippen molar-refractivity contribution in [3.63, 3.8) is 0 Å². The SMILES string of the molecule is CC(C)NCCOc1nccc2occc12. The fraction of sp³-hybridized carbons (Fsp3) is 0.417. The molecule has 0 unspecified atom stereocenters. The molecule has 2 heterocycles. The van der Waals surface area contributed by atoms with Gasteiger partial charge in [0.15, 0.2) is 0 Å². The number of fused-ring (bicyclic) bond motifs is 1. The van der Waals surface area contributed by atoms with E-state index in [1.165, 1.54) is 0 Å². The maximum Gasteiger partial charge on any atom is 0.224 e. The van der Waals surface area contributed by atoms with Gasteiger partial charge in [-0.05, 0) is 12.1 Å². The minimum atomic E-state index is 0.473. The first-order valence-electron chi connectivity index (χ1n) is 5.46. The molecule has 86 valence electrons. The van der Waals surface area contributed by atoms with Crippen molar-refractivity contribution in [2.24, 2.45) is 0 Å². The van der Waals surface area contributed by atoms with Crippen LogP contribution in [0.2, 0.25) is 0 Å². The minimum Gasteiger partial charge on any atom is -0.476 e. The van der Waals surface area contributed by atoms with Crippen LogP contribution in [0.3, 0.4) is 0 Å². The Hall–Kier alpha value is -1.55. The fourth-order valence-electron chi connectivity index (χ4n) is 1.48. The highest BCUT2D eigenvalue weighted by molar-refractivity contribution is 5.81. The molecule has 0 saturated carbocycles. The van der Waals surface area contributed by atoms with Gasteiger partial charge in [0.25, 0.3) is 0 Å². The Kier molecular flexibility index (Phi) is 3.41. The zero-order valence-corrected chi connectivity index (χ0v) is 9.56. The maximum atomic E-state index is 5.59. The Morgan fingerprint density at radius 3 is 3.12 bits per heavy atom. The lowest BCUT2D eigenvalue weighted by molar-refractivity contribution is 0.301. The average Bonchev–Trinajstić information content (AvgIpc) is 2.72. The van der Waals surface area contributed by atoms with Gasteiger partial charge in [-0.25, -0.2) is 4.98 Å². The Morgan fingerprint density at radius 2 is 2.31 bits per heavy atom. The summed E-state index contributed by atoms with van der Waals surface area (Å²) in [4.78, 5) is 4.19. The lowest BCUT2D eigenvalue weighted by Crippen LogP contribution is -2.27. The van der Waals surface area contributed by atoms with Gasteiger partial charge in [0.05, 0.1) is 11.6 Å². The Labute approximate surface area is 94.6 Å². The number of hydrogen-bond donors (Lipinski definition) is 1. The summed E-state index contributed by atoms with van der Waals surface area (Å²) in [5.74, 6) is 0.636. The van der Waals surface area contributed by atoms with Crippen molar-refractivity contribution in [1.82, 2.24) is 10.3 Å². The first-order chi connectivity index (χ1) is 7.77. The van der Waals surface area contributed by atoms with Crippen LogP contribution in [-0.4, -0.2) is 24.2 Å². The van der Waals surface area contributed by atoms with E-state index in [1.807, 2.05) is 12.1 Å². The van der Waals surface area contributed by atoms with Crippen LogP contribution in [0.4, 0.5) is 0 Å². The molecule has 4 heteroatoms. The summed E-state index contributed by atoms with van der Waals surface area (Å²) in [6.07, 6.45) is 3.34. The van der Waals surface area contributed by atoms with E-state index in [4.69, 9.17) is 9.15 Å². The first-order valence-corrected chi connectivity index (χ1v) is 5.46. The lowest BCUT2D eigenvalue weighted by atomic mass is 10.3. The molecule has 0 aromatic carbocycles. The predicted molar refractivity (Wildman–Crippen MR) is 62.6 cm³/mol. The number of hydrogen-bond acceptors (Lipinski definition) is 4. The number of pyridine rings is 1. The van der Waals surface area contributed by atoms with Crippen LogP contribution >= 0.6 is 0 Å². The van der Waals surface area contributed by atoms with Crippen molar-refractivity contribution in [2.75, 3.05) is 13.2 Å². The normalized spacial score (nSPS) is 11.2. The molecule has 0 aliphatic carbocycles. The van der Waals surface area contributed by atoms with E-state index in [0.29, 0.717) is 18.5 Å². The topological polar surface area (TPSA) is 47.3 Å². The smallest absolute Gasteiger partial charge is 0.224 e. The highest BCUT2D eigenvalue weighted by Gasteiger charge is 2.05. The average molecular weight is 220 g/mol. The fourth-order valence-corrected chi connectivity index (χ4v) is 1.48. The third kappa shape index (κ3) is 2.52. The monoisotopic (exact) mass is 220 g/mol. The Balaban J connectivity index is 1.96. The van der Waals surface area contributed by atoms with Gasteiger partial charge in [0, 0.05) is 18.8 Å². The molecule has 0 bridgehead atoms. The molecular formula is C12H16N2O2. The van der Waals surface area contributed by atoms with Crippen LogP contribution in [0.15, 0.2) is 29.0 Å². The molecule has 2 aromatic heterocycles. The standard InChI is InChI=1S/C12H16N2O2/c1-9(2)13-6-8-16-12-10-4-7-15-11(10)3-5-14-12/h3-5,7,9,13H,6,8H2,1-2H3. The number of rotatable bonds is 5. The second kappa shape index (κ2) is 4.99. The van der Waals surface area contributed by atoms with Crippen molar-refractivity contribution in [3.8, 4) is 5.88 Å². The number of aromatic nitrogens is 1. The molecule has 16 heavy (non-hydrogen) atoms. The lowest BCUT2D eigenvalue weighted by Gasteiger charge is -2.09. The molecule has 0 spiro atoms. The molecule has 0 fully saturated rings. The van der Waals surface area contributed by atoms with Gasteiger partial charge < -0.3 is 14.5 Å². The van der Waals surface area contributed by atoms with E-state index < -0.39 is 0 Å². The summed E-state index contributed by atoms with van der Waals surface area (Å²) in [5, 5.41) is 4.20. The second-order valence-electron chi connectivity index (χ2n) is 3.91. The van der Waals surface area contributed by atoms with Crippen LogP contribution in [0.25, 0.3) is 11.0 Å². The third-order valence-electron chi connectivity index (χ3n) is 2.24. The summed E-state index contributed by atoms with van der Waals surface area (Å²) in [7, 11) is 0. The molecule has 0 aliphatic rings. The van der Waals surface area contributed by atoms with E-state index in [-0.39, 0.29) is 0 Å². The van der Waals surface area contributed by atoms with Crippen molar-refractivity contribution in [3.05, 3.63) is 24.6 Å². The number of nitrogens with one attached hydrogen (secondary N) is 1. The molecule has 0 aliphatic heterocycles. The van der Waals surface area contributed by atoms with Gasteiger partial charge in [-0.3, -0.25) is 0 Å². The molecule has 2 rings (SSSR count). The molecule has 0 radical (unpaired) electrons. The zero-order chi connectivity index (χ0) is 11.4. The maximum absolute atomic E-state index is 5.59. The van der Waals surface area contributed by atoms with Crippen LogP contribution < -0.4 is 10.1 Å². The summed E-state index contributed by atoms with van der Waals surface area (Å²) < 4.78 is 10.9.